The first-order valence-corrected chi connectivity index (χ1v) is 8.77. The Kier molecular flexibility index (Phi) is 4.35. The lowest BCUT2D eigenvalue weighted by atomic mass is 10.2. The van der Waals surface area contributed by atoms with Gasteiger partial charge in [0.2, 0.25) is 5.91 Å². The number of rotatable bonds is 4. The molecule has 0 aliphatic carbocycles. The summed E-state index contributed by atoms with van der Waals surface area (Å²) in [5.41, 5.74) is 0. The highest BCUT2D eigenvalue weighted by atomic mass is 79.9. The molecule has 2 heterocycles. The molecule has 1 aliphatic heterocycles. The van der Waals surface area contributed by atoms with Gasteiger partial charge in [0.05, 0.1) is 18.1 Å². The standard InChI is InChI=1S/C12H16BrNO4S/c1-2-12(15)14(7-10-3-4-11(13)18-10)9-5-6-19(16,17)8-9/h3-4,9H,2,5-8H2,1H3. The van der Waals surface area contributed by atoms with Crippen molar-refractivity contribution >= 4 is 31.7 Å². The first-order chi connectivity index (χ1) is 8.91. The first kappa shape index (κ1) is 14.6. The maximum atomic E-state index is 12.0. The van der Waals surface area contributed by atoms with Gasteiger partial charge in [-0.25, -0.2) is 8.42 Å². The summed E-state index contributed by atoms with van der Waals surface area (Å²) in [6.07, 6.45) is 0.869. The van der Waals surface area contributed by atoms with E-state index in [-0.39, 0.29) is 23.5 Å². The number of halogens is 1. The summed E-state index contributed by atoms with van der Waals surface area (Å²) >= 11 is 3.21. The minimum absolute atomic E-state index is 0.0466. The van der Waals surface area contributed by atoms with Crippen LogP contribution in [0.1, 0.15) is 25.5 Å². The van der Waals surface area contributed by atoms with Gasteiger partial charge in [0.15, 0.2) is 14.5 Å². The second-order valence-electron chi connectivity index (χ2n) is 4.64. The molecule has 2 rings (SSSR count). The Balaban J connectivity index is 2.15. The van der Waals surface area contributed by atoms with Gasteiger partial charge in [-0.05, 0) is 34.5 Å². The van der Waals surface area contributed by atoms with Gasteiger partial charge in [-0.2, -0.15) is 0 Å². The summed E-state index contributed by atoms with van der Waals surface area (Å²) in [4.78, 5) is 13.6. The lowest BCUT2D eigenvalue weighted by Gasteiger charge is -2.27. The molecule has 0 radical (unpaired) electrons. The molecule has 0 aromatic carbocycles. The van der Waals surface area contributed by atoms with E-state index in [4.69, 9.17) is 4.42 Å². The molecule has 0 spiro atoms. The zero-order valence-electron chi connectivity index (χ0n) is 10.6. The fraction of sp³-hybridized carbons (Fsp3) is 0.583. The van der Waals surface area contributed by atoms with Gasteiger partial charge in [-0.1, -0.05) is 6.92 Å². The molecule has 1 saturated heterocycles. The van der Waals surface area contributed by atoms with E-state index in [1.54, 1.807) is 24.0 Å². The zero-order chi connectivity index (χ0) is 14.0. The van der Waals surface area contributed by atoms with E-state index in [1.165, 1.54) is 0 Å². The van der Waals surface area contributed by atoms with Crippen LogP contribution < -0.4 is 0 Å². The third-order valence-corrected chi connectivity index (χ3v) is 5.40. The van der Waals surface area contributed by atoms with Gasteiger partial charge in [0.25, 0.3) is 0 Å². The largest absolute Gasteiger partial charge is 0.452 e. The van der Waals surface area contributed by atoms with Gasteiger partial charge in [-0.15, -0.1) is 0 Å². The molecule has 19 heavy (non-hydrogen) atoms. The van der Waals surface area contributed by atoms with E-state index in [2.05, 4.69) is 15.9 Å². The highest BCUT2D eigenvalue weighted by Gasteiger charge is 2.34. The lowest BCUT2D eigenvalue weighted by Crippen LogP contribution is -2.40. The summed E-state index contributed by atoms with van der Waals surface area (Å²) in [5, 5.41) is 0. The van der Waals surface area contributed by atoms with Crippen LogP contribution in [-0.4, -0.2) is 36.8 Å². The maximum Gasteiger partial charge on any atom is 0.222 e. The van der Waals surface area contributed by atoms with Crippen LogP contribution in [0.4, 0.5) is 0 Å². The average Bonchev–Trinajstić information content (AvgIpc) is 2.91. The topological polar surface area (TPSA) is 67.6 Å². The predicted octanol–water partition coefficient (Wildman–Crippen LogP) is 1.97. The second kappa shape index (κ2) is 5.66. The Morgan fingerprint density at radius 2 is 2.26 bits per heavy atom. The van der Waals surface area contributed by atoms with E-state index in [9.17, 15) is 13.2 Å². The third kappa shape index (κ3) is 3.60. The van der Waals surface area contributed by atoms with Crippen molar-refractivity contribution in [2.45, 2.75) is 32.4 Å². The summed E-state index contributed by atoms with van der Waals surface area (Å²) in [7, 11) is -3.00. The van der Waals surface area contributed by atoms with Crippen LogP contribution in [-0.2, 0) is 21.2 Å². The van der Waals surface area contributed by atoms with Gasteiger partial charge in [-0.3, -0.25) is 4.79 Å². The average molecular weight is 350 g/mol. The molecule has 0 N–H and O–H groups in total. The van der Waals surface area contributed by atoms with Crippen molar-refractivity contribution in [1.29, 1.82) is 0 Å². The molecule has 7 heteroatoms. The van der Waals surface area contributed by atoms with E-state index in [1.807, 2.05) is 0 Å². The van der Waals surface area contributed by atoms with Crippen molar-refractivity contribution in [2.24, 2.45) is 0 Å². The minimum atomic E-state index is -3.00. The van der Waals surface area contributed by atoms with Gasteiger partial charge in [0, 0.05) is 12.5 Å². The van der Waals surface area contributed by atoms with Crippen LogP contribution in [0, 0.1) is 0 Å². The van der Waals surface area contributed by atoms with E-state index in [0.29, 0.717) is 29.8 Å². The number of hydrogen-bond donors (Lipinski definition) is 0. The monoisotopic (exact) mass is 349 g/mol. The van der Waals surface area contributed by atoms with Crippen molar-refractivity contribution in [2.75, 3.05) is 11.5 Å². The van der Waals surface area contributed by atoms with Crippen molar-refractivity contribution in [3.63, 3.8) is 0 Å². The SMILES string of the molecule is CCC(=O)N(Cc1ccc(Br)o1)C1CCS(=O)(=O)C1. The number of hydrogen-bond acceptors (Lipinski definition) is 4. The number of carbonyl (C=O) groups is 1. The van der Waals surface area contributed by atoms with Gasteiger partial charge in [0.1, 0.15) is 5.76 Å². The third-order valence-electron chi connectivity index (χ3n) is 3.23. The number of carbonyl (C=O) groups excluding carboxylic acids is 1. The molecule has 1 unspecified atom stereocenters. The Bertz CT molecular complexity index is 566. The molecule has 0 bridgehead atoms. The fourth-order valence-corrected chi connectivity index (χ4v) is 4.32. The van der Waals surface area contributed by atoms with E-state index >= 15 is 0 Å². The maximum absolute atomic E-state index is 12.0. The first-order valence-electron chi connectivity index (χ1n) is 6.15. The lowest BCUT2D eigenvalue weighted by molar-refractivity contribution is -0.133. The quantitative estimate of drug-likeness (QED) is 0.833. The molecule has 1 atom stereocenters. The zero-order valence-corrected chi connectivity index (χ0v) is 13.0. The molecular formula is C12H16BrNO4S. The molecule has 1 aromatic rings. The summed E-state index contributed by atoms with van der Waals surface area (Å²) in [6, 6.07) is 3.31. The van der Waals surface area contributed by atoms with Crippen LogP contribution in [0.25, 0.3) is 0 Å². The Morgan fingerprint density at radius 1 is 1.53 bits per heavy atom. The summed E-state index contributed by atoms with van der Waals surface area (Å²) < 4.78 is 29.1. The van der Waals surface area contributed by atoms with Crippen molar-refractivity contribution < 1.29 is 17.6 Å². The molecule has 1 aromatic heterocycles. The molecule has 1 aliphatic rings. The number of sulfone groups is 1. The van der Waals surface area contributed by atoms with Crippen LogP contribution in [0.2, 0.25) is 0 Å². The highest BCUT2D eigenvalue weighted by Crippen LogP contribution is 2.22. The molecular weight excluding hydrogens is 334 g/mol. The molecule has 106 valence electrons. The van der Waals surface area contributed by atoms with E-state index < -0.39 is 9.84 Å². The van der Waals surface area contributed by atoms with Crippen molar-refractivity contribution in [3.8, 4) is 0 Å². The normalized spacial score (nSPS) is 21.5. The molecule has 1 amide bonds. The Hall–Kier alpha value is -0.820. The smallest absolute Gasteiger partial charge is 0.222 e. The number of nitrogens with zero attached hydrogens (tertiary/aromatic N) is 1. The molecule has 5 nitrogen and oxygen atoms in total. The van der Waals surface area contributed by atoms with Crippen LogP contribution in [0.3, 0.4) is 0 Å². The number of furan rings is 1. The van der Waals surface area contributed by atoms with Crippen molar-refractivity contribution in [3.05, 3.63) is 22.6 Å². The highest BCUT2D eigenvalue weighted by molar-refractivity contribution is 9.10. The van der Waals surface area contributed by atoms with Crippen LogP contribution in [0.5, 0.6) is 0 Å². The van der Waals surface area contributed by atoms with Crippen LogP contribution >= 0.6 is 15.9 Å². The molecule has 1 fully saturated rings. The number of amides is 1. The van der Waals surface area contributed by atoms with Gasteiger partial charge < -0.3 is 9.32 Å². The van der Waals surface area contributed by atoms with E-state index in [0.717, 1.165) is 0 Å². The van der Waals surface area contributed by atoms with Crippen LogP contribution in [0.15, 0.2) is 21.2 Å². The predicted molar refractivity (Wildman–Crippen MR) is 74.3 cm³/mol. The van der Waals surface area contributed by atoms with Gasteiger partial charge >= 0.3 is 0 Å². The Labute approximate surface area is 121 Å². The molecule has 0 saturated carbocycles. The summed E-state index contributed by atoms with van der Waals surface area (Å²) in [6.45, 7) is 2.09. The Morgan fingerprint density at radius 3 is 2.74 bits per heavy atom. The minimum Gasteiger partial charge on any atom is -0.452 e. The second-order valence-corrected chi connectivity index (χ2v) is 7.65. The van der Waals surface area contributed by atoms with Crippen molar-refractivity contribution in [1.82, 2.24) is 4.90 Å². The fourth-order valence-electron chi connectivity index (χ4n) is 2.25. The summed E-state index contributed by atoms with van der Waals surface area (Å²) in [5.74, 6) is 0.820.